The smallest absolute Gasteiger partial charge is 0.254 e. The molecule has 1 aromatic heterocycles. The Morgan fingerprint density at radius 1 is 1.31 bits per heavy atom. The average molecular weight is 222 g/mol. The molecule has 1 aromatic rings. The first kappa shape index (κ1) is 12.9. The van der Waals surface area contributed by atoms with Crippen molar-refractivity contribution in [2.45, 2.75) is 53.9 Å². The number of aromatic nitrogens is 2. The van der Waals surface area contributed by atoms with E-state index >= 15 is 0 Å². The number of H-pyrrole nitrogens is 1. The van der Waals surface area contributed by atoms with Crippen molar-refractivity contribution in [1.82, 2.24) is 9.97 Å². The highest BCUT2D eigenvalue weighted by Gasteiger charge is 2.16. The Morgan fingerprint density at radius 3 is 2.25 bits per heavy atom. The van der Waals surface area contributed by atoms with Gasteiger partial charge in [-0.2, -0.15) is 0 Å². The van der Waals surface area contributed by atoms with E-state index in [-0.39, 0.29) is 16.9 Å². The fourth-order valence-corrected chi connectivity index (χ4v) is 1.92. The molecule has 0 saturated carbocycles. The van der Waals surface area contributed by atoms with E-state index in [0.717, 1.165) is 23.5 Å². The molecule has 0 spiro atoms. The standard InChI is InChI=1S/C13H22N2O/c1-8(2)11-9(3)14-10(15-12(11)16)7-13(4,5)6/h8H,7H2,1-6H3,(H,14,15,16). The Balaban J connectivity index is 3.16. The topological polar surface area (TPSA) is 45.8 Å². The first-order chi connectivity index (χ1) is 7.20. The van der Waals surface area contributed by atoms with Gasteiger partial charge in [0.15, 0.2) is 0 Å². The zero-order chi connectivity index (χ0) is 12.5. The molecule has 3 heteroatoms. The van der Waals surface area contributed by atoms with Crippen LogP contribution in [-0.4, -0.2) is 9.97 Å². The van der Waals surface area contributed by atoms with Gasteiger partial charge in [0.25, 0.3) is 5.56 Å². The van der Waals surface area contributed by atoms with E-state index in [2.05, 4.69) is 30.7 Å². The highest BCUT2D eigenvalue weighted by Crippen LogP contribution is 2.19. The minimum Gasteiger partial charge on any atom is -0.310 e. The van der Waals surface area contributed by atoms with Crippen molar-refractivity contribution in [3.05, 3.63) is 27.4 Å². The van der Waals surface area contributed by atoms with Gasteiger partial charge < -0.3 is 4.98 Å². The van der Waals surface area contributed by atoms with E-state index in [1.807, 2.05) is 20.8 Å². The zero-order valence-corrected chi connectivity index (χ0v) is 11.1. The quantitative estimate of drug-likeness (QED) is 0.836. The second kappa shape index (κ2) is 4.40. The van der Waals surface area contributed by atoms with Gasteiger partial charge in [-0.15, -0.1) is 0 Å². The zero-order valence-electron chi connectivity index (χ0n) is 11.1. The van der Waals surface area contributed by atoms with Crippen molar-refractivity contribution in [3.63, 3.8) is 0 Å². The van der Waals surface area contributed by atoms with E-state index < -0.39 is 0 Å². The van der Waals surface area contributed by atoms with E-state index in [1.54, 1.807) is 0 Å². The van der Waals surface area contributed by atoms with Crippen LogP contribution in [0.15, 0.2) is 4.79 Å². The normalized spacial score (nSPS) is 12.2. The third-order valence-electron chi connectivity index (χ3n) is 2.47. The van der Waals surface area contributed by atoms with Crippen LogP contribution in [0.5, 0.6) is 0 Å². The average Bonchev–Trinajstić information content (AvgIpc) is 1.96. The van der Waals surface area contributed by atoms with E-state index in [1.165, 1.54) is 0 Å². The maximum Gasteiger partial charge on any atom is 0.254 e. The number of aromatic amines is 1. The molecule has 1 rings (SSSR count). The van der Waals surface area contributed by atoms with Gasteiger partial charge in [-0.1, -0.05) is 34.6 Å². The second-order valence-electron chi connectivity index (χ2n) is 5.90. The minimum atomic E-state index is 0.0155. The van der Waals surface area contributed by atoms with Crippen LogP contribution < -0.4 is 5.56 Å². The summed E-state index contributed by atoms with van der Waals surface area (Å²) >= 11 is 0. The highest BCUT2D eigenvalue weighted by atomic mass is 16.1. The van der Waals surface area contributed by atoms with Crippen molar-refractivity contribution >= 4 is 0 Å². The predicted octanol–water partition coefficient (Wildman–Crippen LogP) is 2.79. The maximum absolute atomic E-state index is 11.9. The van der Waals surface area contributed by atoms with Crippen molar-refractivity contribution in [1.29, 1.82) is 0 Å². The maximum atomic E-state index is 11.9. The first-order valence-corrected chi connectivity index (χ1v) is 5.80. The summed E-state index contributed by atoms with van der Waals surface area (Å²) in [7, 11) is 0. The van der Waals surface area contributed by atoms with Crippen LogP contribution >= 0.6 is 0 Å². The molecule has 0 radical (unpaired) electrons. The summed E-state index contributed by atoms with van der Waals surface area (Å²) in [6.07, 6.45) is 0.793. The minimum absolute atomic E-state index is 0.0155. The molecule has 1 N–H and O–H groups in total. The van der Waals surface area contributed by atoms with E-state index in [9.17, 15) is 4.79 Å². The van der Waals surface area contributed by atoms with Crippen molar-refractivity contribution in [2.24, 2.45) is 5.41 Å². The van der Waals surface area contributed by atoms with E-state index in [4.69, 9.17) is 0 Å². The second-order valence-corrected chi connectivity index (χ2v) is 5.90. The molecule has 0 aliphatic carbocycles. The summed E-state index contributed by atoms with van der Waals surface area (Å²) in [5, 5.41) is 0. The van der Waals surface area contributed by atoms with Gasteiger partial charge in [0.2, 0.25) is 0 Å². The van der Waals surface area contributed by atoms with Crippen LogP contribution in [0.4, 0.5) is 0 Å². The van der Waals surface area contributed by atoms with Gasteiger partial charge in [0.1, 0.15) is 5.82 Å². The molecule has 0 bridgehead atoms. The Hall–Kier alpha value is -1.12. The molecule has 16 heavy (non-hydrogen) atoms. The first-order valence-electron chi connectivity index (χ1n) is 5.80. The molecule has 0 unspecified atom stereocenters. The van der Waals surface area contributed by atoms with Crippen LogP contribution in [0.3, 0.4) is 0 Å². The molecule has 0 atom stereocenters. The number of aryl methyl sites for hydroxylation is 1. The number of hydrogen-bond donors (Lipinski definition) is 1. The van der Waals surface area contributed by atoms with Crippen molar-refractivity contribution < 1.29 is 0 Å². The SMILES string of the molecule is Cc1nc(CC(C)(C)C)[nH]c(=O)c1C(C)C. The van der Waals surface area contributed by atoms with Crippen LogP contribution in [0, 0.1) is 12.3 Å². The van der Waals surface area contributed by atoms with Crippen LogP contribution in [0.1, 0.15) is 57.6 Å². The number of nitrogens with zero attached hydrogens (tertiary/aromatic N) is 1. The fourth-order valence-electron chi connectivity index (χ4n) is 1.92. The number of nitrogens with one attached hydrogen (secondary N) is 1. The van der Waals surface area contributed by atoms with Gasteiger partial charge in [-0.3, -0.25) is 4.79 Å². The summed E-state index contributed by atoms with van der Waals surface area (Å²) in [6.45, 7) is 12.4. The fraction of sp³-hybridized carbons (Fsp3) is 0.692. The lowest BCUT2D eigenvalue weighted by Gasteiger charge is -2.18. The van der Waals surface area contributed by atoms with Gasteiger partial charge >= 0.3 is 0 Å². The molecule has 90 valence electrons. The molecule has 1 heterocycles. The van der Waals surface area contributed by atoms with Crippen molar-refractivity contribution in [3.8, 4) is 0 Å². The molecule has 0 aromatic carbocycles. The van der Waals surface area contributed by atoms with Gasteiger partial charge in [-0.05, 0) is 18.3 Å². The Morgan fingerprint density at radius 2 is 1.88 bits per heavy atom. The summed E-state index contributed by atoms with van der Waals surface area (Å²) in [5.41, 5.74) is 1.82. The largest absolute Gasteiger partial charge is 0.310 e. The van der Waals surface area contributed by atoms with Gasteiger partial charge in [0.05, 0.1) is 0 Å². The molecule has 3 nitrogen and oxygen atoms in total. The lowest BCUT2D eigenvalue weighted by molar-refractivity contribution is 0.399. The summed E-state index contributed by atoms with van der Waals surface area (Å²) in [5.74, 6) is 1.01. The Labute approximate surface area is 97.3 Å². The highest BCUT2D eigenvalue weighted by molar-refractivity contribution is 5.20. The van der Waals surface area contributed by atoms with Gasteiger partial charge in [-0.25, -0.2) is 4.98 Å². The lowest BCUT2D eigenvalue weighted by Crippen LogP contribution is -2.22. The molecule has 0 aliphatic rings. The number of hydrogen-bond acceptors (Lipinski definition) is 2. The molecular formula is C13H22N2O. The number of rotatable bonds is 2. The molecule has 0 aliphatic heterocycles. The molecule has 0 amide bonds. The third-order valence-corrected chi connectivity index (χ3v) is 2.47. The Kier molecular flexibility index (Phi) is 3.56. The van der Waals surface area contributed by atoms with Crippen LogP contribution in [0.2, 0.25) is 0 Å². The summed E-state index contributed by atoms with van der Waals surface area (Å²) < 4.78 is 0. The monoisotopic (exact) mass is 222 g/mol. The molecular weight excluding hydrogens is 200 g/mol. The van der Waals surface area contributed by atoms with E-state index in [0.29, 0.717) is 0 Å². The van der Waals surface area contributed by atoms with Crippen LogP contribution in [-0.2, 0) is 6.42 Å². The summed E-state index contributed by atoms with van der Waals surface area (Å²) in [6, 6.07) is 0. The Bertz CT molecular complexity index is 425. The van der Waals surface area contributed by atoms with Crippen molar-refractivity contribution in [2.75, 3.05) is 0 Å². The molecule has 0 saturated heterocycles. The summed E-state index contributed by atoms with van der Waals surface area (Å²) in [4.78, 5) is 19.3. The third kappa shape index (κ3) is 3.19. The van der Waals surface area contributed by atoms with Crippen LogP contribution in [0.25, 0.3) is 0 Å². The van der Waals surface area contributed by atoms with Gasteiger partial charge in [0, 0.05) is 17.7 Å². The lowest BCUT2D eigenvalue weighted by atomic mass is 9.92. The predicted molar refractivity (Wildman–Crippen MR) is 66.8 cm³/mol. The molecule has 0 fully saturated rings.